The summed E-state index contributed by atoms with van der Waals surface area (Å²) in [6.45, 7) is 9.54. The molecule has 0 saturated heterocycles. The lowest BCUT2D eigenvalue weighted by Gasteiger charge is -1.98. The molecule has 0 aliphatic heterocycles. The van der Waals surface area contributed by atoms with E-state index >= 15 is 0 Å². The zero-order valence-electron chi connectivity index (χ0n) is 6.86. The molecule has 0 aromatic carbocycles. The van der Waals surface area contributed by atoms with E-state index < -0.39 is 0 Å². The molecular formula is C7H16N3+. The number of nitrogens with one attached hydrogen (secondary N) is 2. The Morgan fingerprint density at radius 2 is 2.10 bits per heavy atom. The number of amidine groups is 1. The normalized spacial score (nSPS) is 11.8. The highest BCUT2D eigenvalue weighted by Gasteiger charge is 2.03. The van der Waals surface area contributed by atoms with E-state index in [9.17, 15) is 0 Å². The van der Waals surface area contributed by atoms with Crippen LogP contribution in [0.4, 0.5) is 0 Å². The number of hydrazine groups is 1. The molecule has 3 heteroatoms. The maximum absolute atomic E-state index is 5.57. The summed E-state index contributed by atoms with van der Waals surface area (Å²) in [5, 5.41) is 2.83. The monoisotopic (exact) mass is 142 g/mol. The second-order valence-electron chi connectivity index (χ2n) is 2.64. The Bertz CT molecular complexity index is 147. The van der Waals surface area contributed by atoms with Crippen LogP contribution in [0.1, 0.15) is 20.8 Å². The minimum Gasteiger partial charge on any atom is -0.289 e. The predicted octanol–water partition coefficient (Wildman–Crippen LogP) is -0.882. The van der Waals surface area contributed by atoms with Crippen molar-refractivity contribution in [3.8, 4) is 0 Å². The molecule has 0 radical (unpaired) electrons. The van der Waals surface area contributed by atoms with Crippen LogP contribution in [-0.4, -0.2) is 5.84 Å². The minimum absolute atomic E-state index is 0.340. The summed E-state index contributed by atoms with van der Waals surface area (Å²) in [6.07, 6.45) is 0. The van der Waals surface area contributed by atoms with Crippen molar-refractivity contribution in [2.45, 2.75) is 20.8 Å². The summed E-state index contributed by atoms with van der Waals surface area (Å²) in [4.78, 5) is 0. The number of allylic oxidation sites excluding steroid dienone is 1. The molecule has 10 heavy (non-hydrogen) atoms. The van der Waals surface area contributed by atoms with Gasteiger partial charge in [-0.1, -0.05) is 20.4 Å². The van der Waals surface area contributed by atoms with E-state index in [4.69, 9.17) is 5.73 Å². The predicted molar refractivity (Wildman–Crippen MR) is 42.9 cm³/mol. The number of hydrazone groups is 1. The second kappa shape index (κ2) is 3.93. The summed E-state index contributed by atoms with van der Waals surface area (Å²) in [7, 11) is 0. The molecule has 0 rings (SSSR count). The van der Waals surface area contributed by atoms with Gasteiger partial charge in [-0.15, -0.1) is 0 Å². The van der Waals surface area contributed by atoms with Crippen LogP contribution in [0.3, 0.4) is 0 Å². The van der Waals surface area contributed by atoms with Crippen molar-refractivity contribution in [2.24, 2.45) is 11.7 Å². The standard InChI is InChI=1S/C7H15N3/c1-5(2)7(8)10-9-6(3)4/h5,9H,3H2,1-2,4H3,(H2,8,10)/p+1. The van der Waals surface area contributed by atoms with Gasteiger partial charge in [-0.05, 0) is 6.92 Å². The molecule has 58 valence electrons. The van der Waals surface area contributed by atoms with Gasteiger partial charge in [-0.3, -0.25) is 5.73 Å². The van der Waals surface area contributed by atoms with Gasteiger partial charge in [0.25, 0.3) is 5.84 Å². The number of hydrogen-bond donors (Lipinski definition) is 3. The summed E-state index contributed by atoms with van der Waals surface area (Å²) in [5.74, 6) is 1.06. The molecule has 0 heterocycles. The van der Waals surface area contributed by atoms with E-state index in [1.165, 1.54) is 0 Å². The van der Waals surface area contributed by atoms with E-state index in [-0.39, 0.29) is 0 Å². The largest absolute Gasteiger partial charge is 0.289 e. The third-order valence-electron chi connectivity index (χ3n) is 1.04. The molecule has 4 N–H and O–H groups in total. The second-order valence-corrected chi connectivity index (χ2v) is 2.64. The van der Waals surface area contributed by atoms with Gasteiger partial charge in [0.1, 0.15) is 0 Å². The molecule has 0 saturated carbocycles. The Morgan fingerprint density at radius 3 is 2.40 bits per heavy atom. The highest BCUT2D eigenvalue weighted by atomic mass is 15.3. The summed E-state index contributed by atoms with van der Waals surface area (Å²) in [5.41, 5.74) is 9.24. The smallest absolute Gasteiger partial charge is 0.266 e. The maximum Gasteiger partial charge on any atom is 0.266 e. The number of rotatable bonds is 3. The quantitative estimate of drug-likeness (QED) is 0.272. The van der Waals surface area contributed by atoms with Gasteiger partial charge >= 0.3 is 0 Å². The van der Waals surface area contributed by atoms with Gasteiger partial charge in [0.05, 0.1) is 5.92 Å². The Balaban J connectivity index is 3.80. The fourth-order valence-corrected chi connectivity index (χ4v) is 0.323. The first-order valence-corrected chi connectivity index (χ1v) is 3.34. The van der Waals surface area contributed by atoms with Gasteiger partial charge < -0.3 is 0 Å². The molecule has 0 spiro atoms. The molecule has 0 aromatic heterocycles. The van der Waals surface area contributed by atoms with Crippen molar-refractivity contribution in [1.82, 2.24) is 5.43 Å². The molecule has 0 aromatic rings. The van der Waals surface area contributed by atoms with Crippen molar-refractivity contribution in [3.63, 3.8) is 0 Å². The van der Waals surface area contributed by atoms with Crippen LogP contribution in [0.5, 0.6) is 0 Å². The third-order valence-corrected chi connectivity index (χ3v) is 1.04. The minimum atomic E-state index is 0.340. The van der Waals surface area contributed by atoms with E-state index in [1.807, 2.05) is 20.8 Å². The first-order valence-electron chi connectivity index (χ1n) is 3.34. The average Bonchev–Trinajstić information content (AvgIpc) is 1.82. The molecular weight excluding hydrogens is 126 g/mol. The molecule has 3 nitrogen and oxygen atoms in total. The Hall–Kier alpha value is -0.990. The molecule has 0 aliphatic rings. The molecule has 0 fully saturated rings. The van der Waals surface area contributed by atoms with Crippen LogP contribution in [0, 0.1) is 5.92 Å². The SMILES string of the molecule is C=C(C)N[NH+]=C(N)C(C)C. The van der Waals surface area contributed by atoms with Gasteiger partial charge in [0.15, 0.2) is 0 Å². The van der Waals surface area contributed by atoms with E-state index in [1.54, 1.807) is 0 Å². The fourth-order valence-electron chi connectivity index (χ4n) is 0.323. The van der Waals surface area contributed by atoms with E-state index in [2.05, 4.69) is 17.1 Å². The molecule has 0 bridgehead atoms. The Morgan fingerprint density at radius 1 is 1.60 bits per heavy atom. The van der Waals surface area contributed by atoms with Crippen molar-refractivity contribution >= 4 is 5.84 Å². The van der Waals surface area contributed by atoms with Crippen LogP contribution >= 0.6 is 0 Å². The Kier molecular flexibility index (Phi) is 3.54. The third kappa shape index (κ3) is 3.95. The zero-order chi connectivity index (χ0) is 8.15. The van der Waals surface area contributed by atoms with Crippen molar-refractivity contribution in [1.29, 1.82) is 0 Å². The highest BCUT2D eigenvalue weighted by Crippen LogP contribution is 1.83. The highest BCUT2D eigenvalue weighted by molar-refractivity contribution is 5.76. The van der Waals surface area contributed by atoms with Crippen molar-refractivity contribution in [3.05, 3.63) is 12.3 Å². The van der Waals surface area contributed by atoms with Crippen molar-refractivity contribution in [2.75, 3.05) is 0 Å². The van der Waals surface area contributed by atoms with Crippen LogP contribution in [0.25, 0.3) is 0 Å². The van der Waals surface area contributed by atoms with Gasteiger partial charge in [0.2, 0.25) is 0 Å². The number of hydrogen-bond acceptors (Lipinski definition) is 1. The summed E-state index contributed by atoms with van der Waals surface area (Å²) < 4.78 is 0. The molecule has 0 aliphatic carbocycles. The van der Waals surface area contributed by atoms with Crippen LogP contribution in [0.2, 0.25) is 0 Å². The van der Waals surface area contributed by atoms with Gasteiger partial charge in [-0.2, -0.15) is 5.10 Å². The molecule has 0 unspecified atom stereocenters. The maximum atomic E-state index is 5.57. The summed E-state index contributed by atoms with van der Waals surface area (Å²) >= 11 is 0. The lowest BCUT2D eigenvalue weighted by Crippen LogP contribution is -2.85. The molecule has 0 atom stereocenters. The fraction of sp³-hybridized carbons (Fsp3) is 0.571. The van der Waals surface area contributed by atoms with E-state index in [0.717, 1.165) is 11.5 Å². The lowest BCUT2D eigenvalue weighted by atomic mass is 10.2. The molecule has 0 amide bonds. The first kappa shape index (κ1) is 9.01. The topological polar surface area (TPSA) is 52.0 Å². The van der Waals surface area contributed by atoms with Gasteiger partial charge in [0, 0.05) is 5.70 Å². The van der Waals surface area contributed by atoms with E-state index in [0.29, 0.717) is 5.92 Å². The van der Waals surface area contributed by atoms with Crippen LogP contribution in [-0.2, 0) is 0 Å². The number of nitrogens with two attached hydrogens (primary N) is 1. The Labute approximate surface area is 62.0 Å². The van der Waals surface area contributed by atoms with Crippen LogP contribution in [0.15, 0.2) is 12.3 Å². The average molecular weight is 142 g/mol. The first-order chi connectivity index (χ1) is 4.54. The van der Waals surface area contributed by atoms with Crippen LogP contribution < -0.4 is 16.3 Å². The zero-order valence-corrected chi connectivity index (χ0v) is 6.86. The summed E-state index contributed by atoms with van der Waals surface area (Å²) in [6, 6.07) is 0. The lowest BCUT2D eigenvalue weighted by molar-refractivity contribution is -0.520. The van der Waals surface area contributed by atoms with Gasteiger partial charge in [-0.25, -0.2) is 5.43 Å². The van der Waals surface area contributed by atoms with Crippen molar-refractivity contribution < 1.29 is 5.10 Å².